The number of carbonyl (C=O) groups is 2. The molecule has 1 aliphatic carbocycles. The average Bonchev–Trinajstić information content (AvgIpc) is 3.16. The van der Waals surface area contributed by atoms with Gasteiger partial charge < -0.3 is 19.1 Å². The number of amides is 2. The number of hydrogen-bond donors (Lipinski definition) is 0. The quantitative estimate of drug-likeness (QED) is 0.520. The lowest BCUT2D eigenvalue weighted by Gasteiger charge is -2.32. The second kappa shape index (κ2) is 10.6. The van der Waals surface area contributed by atoms with Gasteiger partial charge in [-0.25, -0.2) is 4.98 Å². The van der Waals surface area contributed by atoms with E-state index in [2.05, 4.69) is 21.5 Å². The fraction of sp³-hybridized carbons (Fsp3) is 0.593. The minimum Gasteiger partial charge on any atom is -0.406 e. The summed E-state index contributed by atoms with van der Waals surface area (Å²) in [5.74, 6) is 1.27. The largest absolute Gasteiger partial charge is 0.573 e. The smallest absolute Gasteiger partial charge is 0.406 e. The highest BCUT2D eigenvalue weighted by molar-refractivity contribution is 5.92. The molecule has 8 nitrogen and oxygen atoms in total. The van der Waals surface area contributed by atoms with Crippen molar-refractivity contribution in [2.24, 2.45) is 30.7 Å². The molecule has 3 atom stereocenters. The van der Waals surface area contributed by atoms with Crippen molar-refractivity contribution in [3.8, 4) is 5.75 Å². The van der Waals surface area contributed by atoms with Crippen LogP contribution in [0, 0.1) is 23.7 Å². The number of nitrogens with zero attached hydrogens (tertiary/aromatic N) is 5. The monoisotopic (exact) mass is 533 g/mol. The van der Waals surface area contributed by atoms with E-state index in [-0.39, 0.29) is 24.1 Å². The highest BCUT2D eigenvalue weighted by atomic mass is 19.4. The van der Waals surface area contributed by atoms with E-state index >= 15 is 0 Å². The molecular formula is C27H34F3N5O3. The highest BCUT2D eigenvalue weighted by Gasteiger charge is 2.56. The Kier molecular flexibility index (Phi) is 7.39. The van der Waals surface area contributed by atoms with Gasteiger partial charge in [0, 0.05) is 52.5 Å². The summed E-state index contributed by atoms with van der Waals surface area (Å²) in [4.78, 5) is 36.2. The zero-order chi connectivity index (χ0) is 27.0. The zero-order valence-corrected chi connectivity index (χ0v) is 21.7. The Morgan fingerprint density at radius 3 is 2.61 bits per heavy atom. The zero-order valence-electron chi connectivity index (χ0n) is 21.7. The van der Waals surface area contributed by atoms with Crippen LogP contribution in [0.2, 0.25) is 0 Å². The molecule has 2 aromatic rings. The highest BCUT2D eigenvalue weighted by Crippen LogP contribution is 2.52. The van der Waals surface area contributed by atoms with E-state index in [4.69, 9.17) is 0 Å². The molecule has 0 radical (unpaired) electrons. The van der Waals surface area contributed by atoms with Crippen molar-refractivity contribution >= 4 is 11.8 Å². The van der Waals surface area contributed by atoms with Gasteiger partial charge in [0.15, 0.2) is 0 Å². The number of halogens is 3. The van der Waals surface area contributed by atoms with E-state index < -0.39 is 6.36 Å². The molecule has 11 heteroatoms. The first-order valence-corrected chi connectivity index (χ1v) is 13.2. The topological polar surface area (TPSA) is 70.9 Å². The first-order valence-electron chi connectivity index (χ1n) is 13.2. The van der Waals surface area contributed by atoms with Gasteiger partial charge in [-0.3, -0.25) is 14.5 Å². The third kappa shape index (κ3) is 6.31. The van der Waals surface area contributed by atoms with Gasteiger partial charge in [-0.05, 0) is 54.2 Å². The maximum atomic E-state index is 13.3. The molecule has 1 saturated carbocycles. The SMILES string of the molecule is CC1CCCN(C(=O)CN2CC3C(C2)C3CN(Cc2cccc(OC(F)(F)F)c2)C(=O)c2cn(C)cn2)C1. The average molecular weight is 534 g/mol. The van der Waals surface area contributed by atoms with Crippen molar-refractivity contribution in [1.82, 2.24) is 24.3 Å². The van der Waals surface area contributed by atoms with Crippen molar-refractivity contribution in [2.45, 2.75) is 32.7 Å². The molecule has 3 fully saturated rings. The summed E-state index contributed by atoms with van der Waals surface area (Å²) >= 11 is 0. The van der Waals surface area contributed by atoms with Crippen molar-refractivity contribution < 1.29 is 27.5 Å². The lowest BCUT2D eigenvalue weighted by Crippen LogP contribution is -2.45. The van der Waals surface area contributed by atoms with Crippen LogP contribution in [0.4, 0.5) is 13.2 Å². The molecule has 3 unspecified atom stereocenters. The summed E-state index contributed by atoms with van der Waals surface area (Å²) in [7, 11) is 1.78. The molecule has 1 aromatic heterocycles. The number of benzene rings is 1. The number of piperidine rings is 2. The molecule has 1 aromatic carbocycles. The third-order valence-electron chi connectivity index (χ3n) is 7.96. The Bertz CT molecular complexity index is 1160. The molecule has 2 aliphatic heterocycles. The fourth-order valence-electron chi connectivity index (χ4n) is 6.06. The van der Waals surface area contributed by atoms with Gasteiger partial charge in [0.05, 0.1) is 12.9 Å². The van der Waals surface area contributed by atoms with Gasteiger partial charge >= 0.3 is 6.36 Å². The number of alkyl halides is 3. The number of imidazole rings is 1. The molecule has 0 bridgehead atoms. The summed E-state index contributed by atoms with van der Waals surface area (Å²) in [5, 5.41) is 0. The van der Waals surface area contributed by atoms with Crippen LogP contribution < -0.4 is 4.74 Å². The van der Waals surface area contributed by atoms with Crippen LogP contribution in [0.3, 0.4) is 0 Å². The maximum Gasteiger partial charge on any atom is 0.573 e. The van der Waals surface area contributed by atoms with Gasteiger partial charge in [0.25, 0.3) is 5.91 Å². The lowest BCUT2D eigenvalue weighted by molar-refractivity contribution is -0.274. The van der Waals surface area contributed by atoms with Crippen LogP contribution in [0.15, 0.2) is 36.8 Å². The van der Waals surface area contributed by atoms with Crippen LogP contribution in [-0.2, 0) is 18.4 Å². The number of ether oxygens (including phenoxy) is 1. The first kappa shape index (κ1) is 26.5. The molecule has 2 saturated heterocycles. The van der Waals surface area contributed by atoms with Crippen molar-refractivity contribution in [3.05, 3.63) is 48.0 Å². The van der Waals surface area contributed by atoms with Crippen molar-refractivity contribution in [2.75, 3.05) is 39.3 Å². The third-order valence-corrected chi connectivity index (χ3v) is 7.96. The lowest BCUT2D eigenvalue weighted by atomic mass is 10.0. The standard InChI is InChI=1S/C27H34F3N5O3/c1-18-5-4-8-34(10-18)25(36)16-33-12-21-22(13-33)23(21)14-35(26(37)24-15-32(2)17-31-24)11-19-6-3-7-20(9-19)38-27(28,29)30/h3,6-7,9,15,17-18,21-23H,4-5,8,10-14,16H2,1-2H3. The fourth-order valence-corrected chi connectivity index (χ4v) is 6.06. The second-order valence-electron chi connectivity index (χ2n) is 11.1. The van der Waals surface area contributed by atoms with E-state index in [0.717, 1.165) is 32.6 Å². The van der Waals surface area contributed by atoms with E-state index in [9.17, 15) is 22.8 Å². The summed E-state index contributed by atoms with van der Waals surface area (Å²) in [6, 6.07) is 5.73. The van der Waals surface area contributed by atoms with E-state index in [1.807, 2.05) is 4.90 Å². The van der Waals surface area contributed by atoms with E-state index in [1.165, 1.54) is 24.6 Å². The van der Waals surface area contributed by atoms with Crippen LogP contribution in [-0.4, -0.2) is 81.7 Å². The van der Waals surface area contributed by atoms with E-state index in [1.54, 1.807) is 35.1 Å². The number of likely N-dealkylation sites (tertiary alicyclic amines) is 2. The molecule has 2 amide bonds. The molecule has 3 heterocycles. The van der Waals surface area contributed by atoms with Crippen LogP contribution in [0.5, 0.6) is 5.75 Å². The molecule has 0 spiro atoms. The number of hydrogen-bond acceptors (Lipinski definition) is 5. The van der Waals surface area contributed by atoms with E-state index in [0.29, 0.717) is 48.0 Å². The number of aryl methyl sites for hydroxylation is 1. The van der Waals surface area contributed by atoms with Gasteiger partial charge in [0.2, 0.25) is 5.91 Å². The normalized spacial score (nSPS) is 25.2. The minimum absolute atomic E-state index is 0.149. The van der Waals surface area contributed by atoms with Crippen molar-refractivity contribution in [1.29, 1.82) is 0 Å². The molecular weight excluding hydrogens is 499 g/mol. The number of carbonyl (C=O) groups excluding carboxylic acids is 2. The Hall–Kier alpha value is -3.08. The summed E-state index contributed by atoms with van der Waals surface area (Å²) in [6.07, 6.45) is 0.638. The predicted molar refractivity (Wildman–Crippen MR) is 133 cm³/mol. The van der Waals surface area contributed by atoms with Gasteiger partial charge in [-0.2, -0.15) is 0 Å². The van der Waals surface area contributed by atoms with Gasteiger partial charge in [-0.15, -0.1) is 13.2 Å². The molecule has 0 N–H and O–H groups in total. The van der Waals surface area contributed by atoms with Crippen LogP contribution >= 0.6 is 0 Å². The summed E-state index contributed by atoms with van der Waals surface area (Å²) < 4.78 is 43.9. The predicted octanol–water partition coefficient (Wildman–Crippen LogP) is 3.40. The first-order chi connectivity index (χ1) is 18.1. The number of fused-ring (bicyclic) bond motifs is 1. The Morgan fingerprint density at radius 1 is 1.18 bits per heavy atom. The molecule has 38 heavy (non-hydrogen) atoms. The van der Waals surface area contributed by atoms with Crippen LogP contribution in [0.25, 0.3) is 0 Å². The summed E-state index contributed by atoms with van der Waals surface area (Å²) in [5.41, 5.74) is 0.841. The van der Waals surface area contributed by atoms with Crippen LogP contribution in [0.1, 0.15) is 35.8 Å². The van der Waals surface area contributed by atoms with Gasteiger partial charge in [0.1, 0.15) is 11.4 Å². The Morgan fingerprint density at radius 2 is 1.95 bits per heavy atom. The number of rotatable bonds is 8. The maximum absolute atomic E-state index is 13.3. The Labute approximate surface area is 220 Å². The Balaban J connectivity index is 1.21. The second-order valence-corrected chi connectivity index (χ2v) is 11.1. The molecule has 5 rings (SSSR count). The molecule has 3 aliphatic rings. The van der Waals surface area contributed by atoms with Crippen molar-refractivity contribution in [3.63, 3.8) is 0 Å². The number of aromatic nitrogens is 2. The van der Waals surface area contributed by atoms with Gasteiger partial charge in [-0.1, -0.05) is 19.1 Å². The minimum atomic E-state index is -4.78. The molecule has 206 valence electrons. The summed E-state index contributed by atoms with van der Waals surface area (Å²) in [6.45, 7) is 6.59.